The first-order valence-corrected chi connectivity index (χ1v) is 9.70. The Kier molecular flexibility index (Phi) is 6.35. The van der Waals surface area contributed by atoms with Gasteiger partial charge in [-0.2, -0.15) is 9.97 Å². The highest BCUT2D eigenvalue weighted by molar-refractivity contribution is 7.99. The standard InChI is InChI=1S/C16H20ClN7OS/c1-3-18-13-20-14(19-4-2)24-15(21-13)22-23-16(24)26-10-9-25-12-8-6-5-7-11(12)17/h5-8H,3-4,9-10H2,1-2H3,(H2,18,19,20,21,22). The van der Waals surface area contributed by atoms with Gasteiger partial charge in [0.25, 0.3) is 5.78 Å². The van der Waals surface area contributed by atoms with E-state index in [9.17, 15) is 0 Å². The maximum Gasteiger partial charge on any atom is 0.261 e. The first-order valence-electron chi connectivity index (χ1n) is 8.34. The Hall–Kier alpha value is -2.26. The largest absolute Gasteiger partial charge is 0.491 e. The minimum Gasteiger partial charge on any atom is -0.491 e. The average Bonchev–Trinajstić information content (AvgIpc) is 3.04. The second kappa shape index (κ2) is 8.91. The van der Waals surface area contributed by atoms with Crippen molar-refractivity contribution in [2.75, 3.05) is 36.1 Å². The lowest BCUT2D eigenvalue weighted by Gasteiger charge is -2.10. The third-order valence-corrected chi connectivity index (χ3v) is 4.53. The summed E-state index contributed by atoms with van der Waals surface area (Å²) in [5.74, 6) is 3.05. The van der Waals surface area contributed by atoms with Gasteiger partial charge in [0.2, 0.25) is 11.9 Å². The van der Waals surface area contributed by atoms with Gasteiger partial charge in [-0.1, -0.05) is 35.5 Å². The molecule has 0 saturated heterocycles. The maximum atomic E-state index is 6.09. The van der Waals surface area contributed by atoms with Gasteiger partial charge in [-0.25, -0.2) is 4.40 Å². The number of hydrogen-bond acceptors (Lipinski definition) is 8. The van der Waals surface area contributed by atoms with Crippen LogP contribution in [0.15, 0.2) is 29.4 Å². The first kappa shape index (κ1) is 18.5. The van der Waals surface area contributed by atoms with Crippen LogP contribution in [-0.4, -0.2) is 50.0 Å². The maximum absolute atomic E-state index is 6.09. The molecule has 0 aliphatic carbocycles. The number of nitrogens with zero attached hydrogens (tertiary/aromatic N) is 5. The monoisotopic (exact) mass is 393 g/mol. The number of anilines is 2. The van der Waals surface area contributed by atoms with Crippen LogP contribution in [0.4, 0.5) is 11.9 Å². The van der Waals surface area contributed by atoms with Crippen LogP contribution in [0.5, 0.6) is 5.75 Å². The zero-order chi connectivity index (χ0) is 18.4. The summed E-state index contributed by atoms with van der Waals surface area (Å²) in [6.45, 7) is 5.96. The van der Waals surface area contributed by atoms with Crippen LogP contribution in [0, 0.1) is 0 Å². The van der Waals surface area contributed by atoms with Crippen molar-refractivity contribution in [1.29, 1.82) is 0 Å². The Morgan fingerprint density at radius 3 is 2.69 bits per heavy atom. The summed E-state index contributed by atoms with van der Waals surface area (Å²) >= 11 is 7.61. The molecule has 3 rings (SSSR count). The molecular formula is C16H20ClN7OS. The van der Waals surface area contributed by atoms with Crippen LogP contribution in [0.3, 0.4) is 0 Å². The van der Waals surface area contributed by atoms with E-state index in [4.69, 9.17) is 16.3 Å². The fourth-order valence-electron chi connectivity index (χ4n) is 2.24. The molecule has 0 spiro atoms. The number of hydrogen-bond donors (Lipinski definition) is 2. The summed E-state index contributed by atoms with van der Waals surface area (Å²) in [6.07, 6.45) is 0. The van der Waals surface area contributed by atoms with Crippen molar-refractivity contribution in [1.82, 2.24) is 24.6 Å². The molecular weight excluding hydrogens is 374 g/mol. The van der Waals surface area contributed by atoms with Crippen molar-refractivity contribution in [2.45, 2.75) is 19.0 Å². The molecule has 3 aromatic rings. The summed E-state index contributed by atoms with van der Waals surface area (Å²) < 4.78 is 7.52. The molecule has 1 aromatic carbocycles. The lowest BCUT2D eigenvalue weighted by atomic mass is 10.3. The second-order valence-electron chi connectivity index (χ2n) is 5.18. The van der Waals surface area contributed by atoms with E-state index in [1.807, 2.05) is 36.4 Å². The predicted octanol–water partition coefficient (Wildman–Crippen LogP) is 3.21. The fraction of sp³-hybridized carbons (Fsp3) is 0.375. The number of rotatable bonds is 9. The number of halogens is 1. The molecule has 8 nitrogen and oxygen atoms in total. The van der Waals surface area contributed by atoms with Crippen molar-refractivity contribution < 1.29 is 4.74 Å². The number of para-hydroxylation sites is 1. The van der Waals surface area contributed by atoms with Crippen molar-refractivity contribution in [3.8, 4) is 5.75 Å². The molecule has 0 amide bonds. The van der Waals surface area contributed by atoms with Gasteiger partial charge in [0.05, 0.1) is 11.6 Å². The first-order chi connectivity index (χ1) is 12.7. The molecule has 2 heterocycles. The van der Waals surface area contributed by atoms with Gasteiger partial charge in [-0.15, -0.1) is 10.2 Å². The van der Waals surface area contributed by atoms with Crippen LogP contribution in [-0.2, 0) is 0 Å². The van der Waals surface area contributed by atoms with Gasteiger partial charge in [-0.05, 0) is 26.0 Å². The Balaban J connectivity index is 1.70. The van der Waals surface area contributed by atoms with E-state index in [1.54, 1.807) is 6.07 Å². The van der Waals surface area contributed by atoms with E-state index in [2.05, 4.69) is 30.8 Å². The molecule has 0 aliphatic heterocycles. The molecule has 0 bridgehead atoms. The van der Waals surface area contributed by atoms with Crippen molar-refractivity contribution >= 4 is 41.0 Å². The Bertz CT molecular complexity index is 873. The SMILES string of the molecule is CCNc1nc(NCC)n2c(SCCOc3ccccc3Cl)nnc2n1. The minimum atomic E-state index is 0.496. The summed E-state index contributed by atoms with van der Waals surface area (Å²) in [7, 11) is 0. The highest BCUT2D eigenvalue weighted by Crippen LogP contribution is 2.24. The van der Waals surface area contributed by atoms with Crippen molar-refractivity contribution in [2.24, 2.45) is 0 Å². The topological polar surface area (TPSA) is 89.3 Å². The van der Waals surface area contributed by atoms with E-state index in [0.717, 1.165) is 13.1 Å². The molecule has 26 heavy (non-hydrogen) atoms. The molecule has 2 N–H and O–H groups in total. The van der Waals surface area contributed by atoms with Gasteiger partial charge in [0.1, 0.15) is 5.75 Å². The van der Waals surface area contributed by atoms with E-state index >= 15 is 0 Å². The number of nitrogens with one attached hydrogen (secondary N) is 2. The smallest absolute Gasteiger partial charge is 0.261 e. The van der Waals surface area contributed by atoms with Crippen LogP contribution < -0.4 is 15.4 Å². The lowest BCUT2D eigenvalue weighted by molar-refractivity contribution is 0.344. The molecule has 0 fully saturated rings. The van der Waals surface area contributed by atoms with Gasteiger partial charge in [0.15, 0.2) is 5.16 Å². The van der Waals surface area contributed by atoms with Crippen molar-refractivity contribution in [3.63, 3.8) is 0 Å². The normalized spacial score (nSPS) is 10.9. The third-order valence-electron chi connectivity index (χ3n) is 3.32. The molecule has 0 saturated carbocycles. The fourth-order valence-corrected chi connectivity index (χ4v) is 3.18. The van der Waals surface area contributed by atoms with E-state index in [0.29, 0.717) is 46.0 Å². The van der Waals surface area contributed by atoms with E-state index in [1.165, 1.54) is 11.8 Å². The molecule has 0 aliphatic rings. The predicted molar refractivity (Wildman–Crippen MR) is 105 cm³/mol. The van der Waals surface area contributed by atoms with Gasteiger partial charge < -0.3 is 15.4 Å². The minimum absolute atomic E-state index is 0.496. The quantitative estimate of drug-likeness (QED) is 0.423. The molecule has 138 valence electrons. The molecule has 2 aromatic heterocycles. The van der Waals surface area contributed by atoms with E-state index in [-0.39, 0.29) is 0 Å². The molecule has 0 unspecified atom stereocenters. The Labute approximate surface area is 160 Å². The third kappa shape index (κ3) is 4.28. The van der Waals surface area contributed by atoms with Crippen molar-refractivity contribution in [3.05, 3.63) is 29.3 Å². The van der Waals surface area contributed by atoms with Crippen LogP contribution in [0.25, 0.3) is 5.78 Å². The van der Waals surface area contributed by atoms with Gasteiger partial charge >= 0.3 is 0 Å². The number of ether oxygens (including phenoxy) is 1. The highest BCUT2D eigenvalue weighted by atomic mass is 35.5. The zero-order valence-corrected chi connectivity index (χ0v) is 16.1. The summed E-state index contributed by atoms with van der Waals surface area (Å²) in [5, 5.41) is 16.0. The molecule has 10 heteroatoms. The lowest BCUT2D eigenvalue weighted by Crippen LogP contribution is -2.11. The summed E-state index contributed by atoms with van der Waals surface area (Å²) in [4.78, 5) is 8.87. The van der Waals surface area contributed by atoms with Crippen LogP contribution >= 0.6 is 23.4 Å². The van der Waals surface area contributed by atoms with Gasteiger partial charge in [0, 0.05) is 18.8 Å². The Morgan fingerprint density at radius 1 is 1.12 bits per heavy atom. The van der Waals surface area contributed by atoms with E-state index < -0.39 is 0 Å². The number of fused-ring (bicyclic) bond motifs is 1. The number of benzene rings is 1. The Morgan fingerprint density at radius 2 is 1.92 bits per heavy atom. The summed E-state index contributed by atoms with van der Waals surface area (Å²) in [5.41, 5.74) is 0. The highest BCUT2D eigenvalue weighted by Gasteiger charge is 2.14. The zero-order valence-electron chi connectivity index (χ0n) is 14.6. The summed E-state index contributed by atoms with van der Waals surface area (Å²) in [6, 6.07) is 7.41. The van der Waals surface area contributed by atoms with Crippen LogP contribution in [0.1, 0.15) is 13.8 Å². The second-order valence-corrected chi connectivity index (χ2v) is 6.65. The number of thioether (sulfide) groups is 1. The van der Waals surface area contributed by atoms with Gasteiger partial charge in [-0.3, -0.25) is 0 Å². The average molecular weight is 394 g/mol. The molecule has 0 atom stereocenters. The molecule has 0 radical (unpaired) electrons. The van der Waals surface area contributed by atoms with Crippen LogP contribution in [0.2, 0.25) is 5.02 Å². The number of aromatic nitrogens is 5.